The van der Waals surface area contributed by atoms with Crippen molar-refractivity contribution in [3.63, 3.8) is 0 Å². The van der Waals surface area contributed by atoms with E-state index in [-0.39, 0.29) is 18.9 Å². The van der Waals surface area contributed by atoms with E-state index < -0.39 is 18.3 Å². The Morgan fingerprint density at radius 2 is 1.85 bits per heavy atom. The molecule has 1 N–H and O–H groups in total. The topological polar surface area (TPSA) is 104 Å². The molecule has 2 aromatic rings. The minimum absolute atomic E-state index is 0.106. The Hall–Kier alpha value is -2.28. The smallest absolute Gasteiger partial charge is 0.353 e. The summed E-state index contributed by atoms with van der Waals surface area (Å²) in [7, 11) is -3.66. The number of nitro groups is 1. The van der Waals surface area contributed by atoms with E-state index >= 15 is 0 Å². The van der Waals surface area contributed by atoms with Gasteiger partial charge >= 0.3 is 7.60 Å². The average molecular weight is 379 g/mol. The second kappa shape index (κ2) is 8.89. The number of aryl methyl sites for hydroxylation is 1. The highest BCUT2D eigenvalue weighted by molar-refractivity contribution is 7.54. The van der Waals surface area contributed by atoms with Gasteiger partial charge in [0.25, 0.3) is 5.69 Å². The van der Waals surface area contributed by atoms with Gasteiger partial charge < -0.3 is 14.4 Å². The molecule has 0 fully saturated rings. The molecule has 8 nitrogen and oxygen atoms in total. The van der Waals surface area contributed by atoms with E-state index in [1.165, 1.54) is 18.2 Å². The van der Waals surface area contributed by atoms with Crippen molar-refractivity contribution >= 4 is 19.1 Å². The molecule has 0 amide bonds. The van der Waals surface area contributed by atoms with Crippen LogP contribution in [0.5, 0.6) is 0 Å². The van der Waals surface area contributed by atoms with Gasteiger partial charge in [-0.05, 0) is 38.5 Å². The molecule has 0 aliphatic carbocycles. The minimum Gasteiger partial charge on any atom is -0.353 e. The first-order chi connectivity index (χ1) is 12.4. The highest BCUT2D eigenvalue weighted by Gasteiger charge is 2.38. The zero-order chi connectivity index (χ0) is 19.2. The summed E-state index contributed by atoms with van der Waals surface area (Å²) in [6.45, 7) is 5.59. The third-order valence-corrected chi connectivity index (χ3v) is 5.80. The zero-order valence-electron chi connectivity index (χ0n) is 14.9. The van der Waals surface area contributed by atoms with Gasteiger partial charge in [0, 0.05) is 17.8 Å². The summed E-state index contributed by atoms with van der Waals surface area (Å²) in [6, 6.07) is 11.3. The lowest BCUT2D eigenvalue weighted by atomic mass is 10.2. The van der Waals surface area contributed by atoms with E-state index in [2.05, 4.69) is 10.3 Å². The van der Waals surface area contributed by atoms with Gasteiger partial charge in [0.1, 0.15) is 5.82 Å². The lowest BCUT2D eigenvalue weighted by Crippen LogP contribution is -2.16. The molecule has 0 bridgehead atoms. The standard InChI is InChI=1S/C17H22N3O5P/c1-4-24-26(23,25-5-2)17(19-16-11-6-8-13(3)18-16)14-9-7-10-15(12-14)20(21)22/h6-12,17H,4-5H2,1-3H3,(H,18,19). The molecule has 0 radical (unpaired) electrons. The summed E-state index contributed by atoms with van der Waals surface area (Å²) < 4.78 is 24.3. The first-order valence-electron chi connectivity index (χ1n) is 8.23. The van der Waals surface area contributed by atoms with Gasteiger partial charge in [0.05, 0.1) is 18.1 Å². The Bertz CT molecular complexity index is 804. The maximum absolute atomic E-state index is 13.4. The van der Waals surface area contributed by atoms with Crippen LogP contribution >= 0.6 is 7.60 Å². The minimum atomic E-state index is -3.66. The SMILES string of the molecule is CCOP(=O)(OCC)C(Nc1cccc(C)n1)c1cccc([N+](=O)[O-])c1. The van der Waals surface area contributed by atoms with Crippen LogP contribution in [0.3, 0.4) is 0 Å². The molecule has 1 aromatic heterocycles. The van der Waals surface area contributed by atoms with Crippen LogP contribution in [0.15, 0.2) is 42.5 Å². The lowest BCUT2D eigenvalue weighted by Gasteiger charge is -2.27. The normalized spacial score (nSPS) is 12.6. The number of nitrogens with one attached hydrogen (secondary N) is 1. The van der Waals surface area contributed by atoms with Gasteiger partial charge in [0.15, 0.2) is 5.78 Å². The molecule has 2 rings (SSSR count). The van der Waals surface area contributed by atoms with E-state index in [9.17, 15) is 14.7 Å². The van der Waals surface area contributed by atoms with E-state index in [0.717, 1.165) is 5.69 Å². The fourth-order valence-corrected chi connectivity index (χ4v) is 4.37. The molecule has 26 heavy (non-hydrogen) atoms. The number of non-ortho nitro benzene ring substituents is 1. The van der Waals surface area contributed by atoms with Gasteiger partial charge in [-0.25, -0.2) is 4.98 Å². The molecule has 1 heterocycles. The molecular formula is C17H22N3O5P. The summed E-state index contributed by atoms with van der Waals surface area (Å²) in [4.78, 5) is 15.0. The summed E-state index contributed by atoms with van der Waals surface area (Å²) in [5.74, 6) is -0.460. The number of benzene rings is 1. The third kappa shape index (κ3) is 4.88. The molecule has 0 aliphatic rings. The second-order valence-electron chi connectivity index (χ2n) is 5.44. The van der Waals surface area contributed by atoms with Crippen LogP contribution in [0.4, 0.5) is 11.5 Å². The van der Waals surface area contributed by atoms with Gasteiger partial charge in [-0.1, -0.05) is 18.2 Å². The molecule has 0 aliphatic heterocycles. The van der Waals surface area contributed by atoms with Crippen LogP contribution in [-0.2, 0) is 13.6 Å². The summed E-state index contributed by atoms with van der Waals surface area (Å²) >= 11 is 0. The van der Waals surface area contributed by atoms with Crippen molar-refractivity contribution in [2.45, 2.75) is 26.6 Å². The molecule has 0 saturated heterocycles. The average Bonchev–Trinajstić information content (AvgIpc) is 2.60. The maximum Gasteiger partial charge on any atom is 0.357 e. The van der Waals surface area contributed by atoms with Gasteiger partial charge in [-0.15, -0.1) is 0 Å². The van der Waals surface area contributed by atoms with Crippen molar-refractivity contribution in [2.24, 2.45) is 0 Å². The molecule has 140 valence electrons. The molecule has 1 atom stereocenters. The van der Waals surface area contributed by atoms with E-state index in [4.69, 9.17) is 9.05 Å². The van der Waals surface area contributed by atoms with Gasteiger partial charge in [-0.3, -0.25) is 14.7 Å². The predicted molar refractivity (Wildman–Crippen MR) is 99.3 cm³/mol. The Balaban J connectivity index is 2.51. The summed E-state index contributed by atoms with van der Waals surface area (Å²) in [5.41, 5.74) is 1.09. The van der Waals surface area contributed by atoms with Crippen LogP contribution in [0.25, 0.3) is 0 Å². The van der Waals surface area contributed by atoms with Crippen LogP contribution in [0.2, 0.25) is 0 Å². The molecule has 1 unspecified atom stereocenters. The zero-order valence-corrected chi connectivity index (χ0v) is 15.8. The van der Waals surface area contributed by atoms with Gasteiger partial charge in [-0.2, -0.15) is 0 Å². The fourth-order valence-electron chi connectivity index (χ4n) is 2.46. The fraction of sp³-hybridized carbons (Fsp3) is 0.353. The number of aromatic nitrogens is 1. The first kappa shape index (κ1) is 20.0. The van der Waals surface area contributed by atoms with Crippen molar-refractivity contribution < 1.29 is 18.5 Å². The van der Waals surface area contributed by atoms with E-state index in [1.54, 1.807) is 32.0 Å². The largest absolute Gasteiger partial charge is 0.357 e. The maximum atomic E-state index is 13.4. The Morgan fingerprint density at radius 3 is 2.42 bits per heavy atom. The third-order valence-electron chi connectivity index (χ3n) is 3.50. The highest BCUT2D eigenvalue weighted by atomic mass is 31.2. The van der Waals surface area contributed by atoms with Crippen LogP contribution in [0, 0.1) is 17.0 Å². The van der Waals surface area contributed by atoms with Crippen molar-refractivity contribution in [3.05, 3.63) is 63.8 Å². The van der Waals surface area contributed by atoms with Crippen molar-refractivity contribution in [1.82, 2.24) is 4.98 Å². The van der Waals surface area contributed by atoms with Crippen molar-refractivity contribution in [2.75, 3.05) is 18.5 Å². The highest BCUT2D eigenvalue weighted by Crippen LogP contribution is 2.60. The first-order valence-corrected chi connectivity index (χ1v) is 9.84. The van der Waals surface area contributed by atoms with Crippen molar-refractivity contribution in [1.29, 1.82) is 0 Å². The second-order valence-corrected chi connectivity index (χ2v) is 7.55. The Kier molecular flexibility index (Phi) is 6.85. The number of hydrogen-bond donors (Lipinski definition) is 1. The quantitative estimate of drug-likeness (QED) is 0.383. The molecule has 0 saturated carbocycles. The molecular weight excluding hydrogens is 357 g/mol. The van der Waals surface area contributed by atoms with E-state index in [1.807, 2.05) is 13.0 Å². The number of pyridine rings is 1. The van der Waals surface area contributed by atoms with Crippen LogP contribution in [-0.4, -0.2) is 23.1 Å². The number of rotatable bonds is 9. The molecule has 9 heteroatoms. The van der Waals surface area contributed by atoms with Crippen molar-refractivity contribution in [3.8, 4) is 0 Å². The van der Waals surface area contributed by atoms with Crippen LogP contribution < -0.4 is 5.32 Å². The molecule has 0 spiro atoms. The summed E-state index contributed by atoms with van der Waals surface area (Å²) in [5, 5.41) is 14.2. The van der Waals surface area contributed by atoms with E-state index in [0.29, 0.717) is 11.4 Å². The number of nitrogens with zero attached hydrogens (tertiary/aromatic N) is 2. The predicted octanol–water partition coefficient (Wildman–Crippen LogP) is 4.68. The number of nitro benzene ring substituents is 1. The van der Waals surface area contributed by atoms with Gasteiger partial charge in [0.2, 0.25) is 0 Å². The summed E-state index contributed by atoms with van der Waals surface area (Å²) in [6.07, 6.45) is 0. The van der Waals surface area contributed by atoms with Crippen LogP contribution in [0.1, 0.15) is 30.9 Å². The Morgan fingerprint density at radius 1 is 1.19 bits per heavy atom. The number of anilines is 1. The lowest BCUT2D eigenvalue weighted by molar-refractivity contribution is -0.384. The monoisotopic (exact) mass is 379 g/mol. The number of hydrogen-bond acceptors (Lipinski definition) is 7. The Labute approximate surface area is 152 Å². The molecule has 1 aromatic carbocycles.